The maximum atomic E-state index is 6.48. The minimum absolute atomic E-state index is 0.0540. The van der Waals surface area contributed by atoms with Crippen molar-refractivity contribution in [3.05, 3.63) is 174 Å². The standard InChI is InChI=1S/C52H47NO/c1-33(2)34-16-22-39(23-17-34)53(40-24-18-36(19-25-40)35-12-9-8-10-13-35)41-26-28-43-45-30-37(20-29-46(45)52(6,7)47(43)32-41)42-14-11-15-48-50(42)44-27-21-38(51(3,4)5)31-49(44)54-48/h8-33H,1-7H3. The molecule has 0 unspecified atom stereocenters. The van der Waals surface area contributed by atoms with Gasteiger partial charge in [-0.05, 0) is 122 Å². The summed E-state index contributed by atoms with van der Waals surface area (Å²) in [6, 6.07) is 56.0. The summed E-state index contributed by atoms with van der Waals surface area (Å²) in [4.78, 5) is 2.40. The Morgan fingerprint density at radius 2 is 1.19 bits per heavy atom. The SMILES string of the molecule is CC(C)c1ccc(N(c2ccc(-c3ccccc3)cc2)c2ccc3c(c2)C(C)(C)c2ccc(-c4cccc5oc6cc(C(C)(C)C)ccc6c45)cc2-3)cc1. The summed E-state index contributed by atoms with van der Waals surface area (Å²) in [6.07, 6.45) is 0. The number of hydrogen-bond donors (Lipinski definition) is 0. The van der Waals surface area contributed by atoms with Gasteiger partial charge in [-0.1, -0.05) is 146 Å². The minimum atomic E-state index is -0.165. The maximum absolute atomic E-state index is 6.48. The van der Waals surface area contributed by atoms with Crippen LogP contribution in [0.3, 0.4) is 0 Å². The van der Waals surface area contributed by atoms with E-state index in [1.165, 1.54) is 61.0 Å². The van der Waals surface area contributed by atoms with E-state index >= 15 is 0 Å². The number of fused-ring (bicyclic) bond motifs is 6. The van der Waals surface area contributed by atoms with Gasteiger partial charge in [0.15, 0.2) is 0 Å². The third-order valence-corrected chi connectivity index (χ3v) is 11.6. The average molecular weight is 702 g/mol. The van der Waals surface area contributed by atoms with Crippen LogP contribution in [-0.4, -0.2) is 0 Å². The van der Waals surface area contributed by atoms with Gasteiger partial charge in [0.2, 0.25) is 0 Å². The molecule has 0 aliphatic heterocycles. The first-order valence-electron chi connectivity index (χ1n) is 19.3. The summed E-state index contributed by atoms with van der Waals surface area (Å²) in [6.45, 7) is 16.0. The van der Waals surface area contributed by atoms with Crippen LogP contribution in [0.5, 0.6) is 0 Å². The topological polar surface area (TPSA) is 16.4 Å². The predicted octanol–water partition coefficient (Wildman–Crippen LogP) is 15.1. The first-order valence-corrected chi connectivity index (χ1v) is 19.3. The molecule has 1 aliphatic rings. The van der Waals surface area contributed by atoms with Crippen molar-refractivity contribution >= 4 is 39.0 Å². The minimum Gasteiger partial charge on any atom is -0.456 e. The number of benzene rings is 7. The third kappa shape index (κ3) is 5.64. The van der Waals surface area contributed by atoms with Crippen LogP contribution in [0, 0.1) is 0 Å². The van der Waals surface area contributed by atoms with Crippen molar-refractivity contribution in [1.29, 1.82) is 0 Å². The molecule has 1 heterocycles. The Balaban J connectivity index is 1.14. The van der Waals surface area contributed by atoms with Crippen LogP contribution in [0.1, 0.15) is 76.6 Å². The van der Waals surface area contributed by atoms with Crippen LogP contribution in [0.2, 0.25) is 0 Å². The molecule has 8 aromatic rings. The van der Waals surface area contributed by atoms with Gasteiger partial charge in [-0.3, -0.25) is 0 Å². The molecule has 1 aromatic heterocycles. The third-order valence-electron chi connectivity index (χ3n) is 11.6. The first-order chi connectivity index (χ1) is 26.0. The largest absolute Gasteiger partial charge is 0.456 e. The fourth-order valence-electron chi connectivity index (χ4n) is 8.47. The summed E-state index contributed by atoms with van der Waals surface area (Å²) in [5.74, 6) is 0.474. The van der Waals surface area contributed by atoms with Crippen LogP contribution in [0.25, 0.3) is 55.3 Å². The predicted molar refractivity (Wildman–Crippen MR) is 230 cm³/mol. The molecule has 2 heteroatoms. The zero-order valence-electron chi connectivity index (χ0n) is 32.4. The second-order valence-corrected chi connectivity index (χ2v) is 16.9. The average Bonchev–Trinajstić information content (AvgIpc) is 3.66. The van der Waals surface area contributed by atoms with Crippen molar-refractivity contribution in [2.45, 2.75) is 65.2 Å². The number of nitrogens with zero attached hydrogens (tertiary/aromatic N) is 1. The number of hydrogen-bond acceptors (Lipinski definition) is 2. The van der Waals surface area contributed by atoms with Crippen molar-refractivity contribution in [1.82, 2.24) is 0 Å². The van der Waals surface area contributed by atoms with Gasteiger partial charge in [0.05, 0.1) is 0 Å². The Morgan fingerprint density at radius 3 is 1.89 bits per heavy atom. The monoisotopic (exact) mass is 701 g/mol. The molecule has 9 rings (SSSR count). The lowest BCUT2D eigenvalue weighted by Crippen LogP contribution is -2.16. The lowest BCUT2D eigenvalue weighted by Gasteiger charge is -2.28. The highest BCUT2D eigenvalue weighted by atomic mass is 16.3. The van der Waals surface area contributed by atoms with Crippen molar-refractivity contribution < 1.29 is 4.42 Å². The summed E-state index contributed by atoms with van der Waals surface area (Å²) in [7, 11) is 0. The summed E-state index contributed by atoms with van der Waals surface area (Å²) in [5.41, 5.74) is 18.0. The molecule has 266 valence electrons. The molecule has 0 amide bonds. The molecular weight excluding hydrogens is 655 g/mol. The van der Waals surface area contributed by atoms with Crippen molar-refractivity contribution in [2.75, 3.05) is 4.90 Å². The molecule has 54 heavy (non-hydrogen) atoms. The van der Waals surface area contributed by atoms with E-state index in [2.05, 4.69) is 205 Å². The van der Waals surface area contributed by atoms with E-state index in [4.69, 9.17) is 4.42 Å². The van der Waals surface area contributed by atoms with E-state index < -0.39 is 0 Å². The summed E-state index contributed by atoms with van der Waals surface area (Å²) < 4.78 is 6.48. The van der Waals surface area contributed by atoms with E-state index in [9.17, 15) is 0 Å². The van der Waals surface area contributed by atoms with Gasteiger partial charge in [0, 0.05) is 33.2 Å². The van der Waals surface area contributed by atoms with E-state index in [1.807, 2.05) is 0 Å². The number of rotatable bonds is 6. The van der Waals surface area contributed by atoms with Gasteiger partial charge < -0.3 is 9.32 Å². The first kappa shape index (κ1) is 33.9. The van der Waals surface area contributed by atoms with Gasteiger partial charge in [-0.2, -0.15) is 0 Å². The molecule has 0 radical (unpaired) electrons. The number of furan rings is 1. The molecule has 0 fully saturated rings. The van der Waals surface area contributed by atoms with E-state index in [1.54, 1.807) is 0 Å². The lowest BCUT2D eigenvalue weighted by molar-refractivity contribution is 0.587. The van der Waals surface area contributed by atoms with E-state index in [0.29, 0.717) is 5.92 Å². The lowest BCUT2D eigenvalue weighted by atomic mass is 9.82. The highest BCUT2D eigenvalue weighted by Crippen LogP contribution is 2.52. The van der Waals surface area contributed by atoms with Crippen LogP contribution in [-0.2, 0) is 10.8 Å². The van der Waals surface area contributed by atoms with E-state index in [0.717, 1.165) is 33.6 Å². The van der Waals surface area contributed by atoms with Crippen LogP contribution >= 0.6 is 0 Å². The Labute approximate surface area is 319 Å². The molecule has 0 bridgehead atoms. The second-order valence-electron chi connectivity index (χ2n) is 16.9. The molecule has 7 aromatic carbocycles. The normalized spacial score (nSPS) is 13.4. The quantitative estimate of drug-likeness (QED) is 0.172. The Bertz CT molecular complexity index is 2670. The van der Waals surface area contributed by atoms with Gasteiger partial charge >= 0.3 is 0 Å². The van der Waals surface area contributed by atoms with Gasteiger partial charge in [0.1, 0.15) is 11.2 Å². The number of anilines is 3. The van der Waals surface area contributed by atoms with Crippen LogP contribution in [0.15, 0.2) is 156 Å². The fourth-order valence-corrected chi connectivity index (χ4v) is 8.47. The molecule has 0 N–H and O–H groups in total. The molecule has 1 aliphatic carbocycles. The van der Waals surface area contributed by atoms with Crippen molar-refractivity contribution in [3.8, 4) is 33.4 Å². The Morgan fingerprint density at radius 1 is 0.519 bits per heavy atom. The molecule has 0 atom stereocenters. The second kappa shape index (κ2) is 12.6. The van der Waals surface area contributed by atoms with Crippen LogP contribution in [0.4, 0.5) is 17.1 Å². The highest BCUT2D eigenvalue weighted by molar-refractivity contribution is 6.12. The zero-order valence-corrected chi connectivity index (χ0v) is 32.4. The van der Waals surface area contributed by atoms with Gasteiger partial charge in [-0.15, -0.1) is 0 Å². The Hall–Kier alpha value is -5.86. The fraction of sp³-hybridized carbons (Fsp3) is 0.192. The summed E-state index contributed by atoms with van der Waals surface area (Å²) >= 11 is 0. The Kier molecular flexibility index (Phi) is 7.94. The molecular formula is C52H47NO. The van der Waals surface area contributed by atoms with Gasteiger partial charge in [0.25, 0.3) is 0 Å². The molecule has 2 nitrogen and oxygen atoms in total. The highest BCUT2D eigenvalue weighted by Gasteiger charge is 2.36. The van der Waals surface area contributed by atoms with Crippen LogP contribution < -0.4 is 4.90 Å². The molecule has 0 saturated carbocycles. The molecule has 0 saturated heterocycles. The van der Waals surface area contributed by atoms with Gasteiger partial charge in [-0.25, -0.2) is 0 Å². The smallest absolute Gasteiger partial charge is 0.136 e. The maximum Gasteiger partial charge on any atom is 0.136 e. The van der Waals surface area contributed by atoms with Crippen molar-refractivity contribution in [2.24, 2.45) is 0 Å². The molecule has 0 spiro atoms. The van der Waals surface area contributed by atoms with Crippen molar-refractivity contribution in [3.63, 3.8) is 0 Å². The summed E-state index contributed by atoms with van der Waals surface area (Å²) in [5, 5.41) is 2.34. The zero-order chi connectivity index (χ0) is 37.4. The van der Waals surface area contributed by atoms with E-state index in [-0.39, 0.29) is 10.8 Å².